The van der Waals surface area contributed by atoms with Crippen LogP contribution in [0.4, 0.5) is 5.69 Å². The van der Waals surface area contributed by atoms with Crippen molar-refractivity contribution in [1.82, 2.24) is 0 Å². The van der Waals surface area contributed by atoms with Crippen molar-refractivity contribution in [1.29, 1.82) is 0 Å². The van der Waals surface area contributed by atoms with Crippen LogP contribution in [0.1, 0.15) is 16.8 Å². The highest BCUT2D eigenvalue weighted by Crippen LogP contribution is 2.65. The number of hydrogen-bond acceptors (Lipinski definition) is 4. The van der Waals surface area contributed by atoms with E-state index in [1.807, 2.05) is 0 Å². The molecule has 1 saturated heterocycles. The van der Waals surface area contributed by atoms with Crippen LogP contribution in [0.2, 0.25) is 10.0 Å². The molecule has 4 aliphatic carbocycles. The smallest absolute Gasteiger partial charge is 0.343 e. The van der Waals surface area contributed by atoms with Gasteiger partial charge in [0, 0.05) is 5.02 Å². The Bertz CT molecular complexity index is 1140. The van der Waals surface area contributed by atoms with E-state index >= 15 is 0 Å². The summed E-state index contributed by atoms with van der Waals surface area (Å²) in [6.07, 6.45) is 5.43. The first-order chi connectivity index (χ1) is 14.9. The van der Waals surface area contributed by atoms with Crippen LogP contribution < -0.4 is 9.64 Å². The number of nitrogens with zero attached hydrogens (tertiary/aromatic N) is 1. The zero-order valence-electron chi connectivity index (χ0n) is 16.2. The molecule has 2 bridgehead atoms. The van der Waals surface area contributed by atoms with E-state index in [0.29, 0.717) is 22.5 Å². The van der Waals surface area contributed by atoms with E-state index in [1.165, 1.54) is 17.0 Å². The number of rotatable bonds is 3. The van der Waals surface area contributed by atoms with Gasteiger partial charge < -0.3 is 4.74 Å². The number of benzene rings is 2. The largest absolute Gasteiger partial charge is 0.421 e. The molecule has 0 unspecified atom stereocenters. The third-order valence-electron chi connectivity index (χ3n) is 7.12. The van der Waals surface area contributed by atoms with Gasteiger partial charge in [-0.2, -0.15) is 0 Å². The van der Waals surface area contributed by atoms with Crippen LogP contribution >= 0.6 is 23.2 Å². The fourth-order valence-electron chi connectivity index (χ4n) is 5.67. The lowest BCUT2D eigenvalue weighted by atomic mass is 9.63. The number of amides is 2. The van der Waals surface area contributed by atoms with Gasteiger partial charge in [0.2, 0.25) is 11.8 Å². The Morgan fingerprint density at radius 3 is 2.10 bits per heavy atom. The second-order valence-corrected chi connectivity index (χ2v) is 9.52. The first-order valence-corrected chi connectivity index (χ1v) is 11.0. The van der Waals surface area contributed by atoms with Gasteiger partial charge in [-0.1, -0.05) is 35.4 Å². The van der Waals surface area contributed by atoms with Crippen molar-refractivity contribution < 1.29 is 19.1 Å². The molecule has 7 heteroatoms. The standard InChI is InChI=1S/C24H17Cl2NO4/c25-12-3-8-19(18(26)9-12)31-24(30)11-1-4-13(5-2-11)27-22(28)20-14-6-7-15(17-10-16(14)17)21(20)23(27)29/h1-9,14-17,20-21H,10H2/t14-,15+,16-,17-,20+,21-/m1/s1. The van der Waals surface area contributed by atoms with Crippen LogP contribution in [-0.4, -0.2) is 17.8 Å². The van der Waals surface area contributed by atoms with E-state index in [1.54, 1.807) is 30.3 Å². The summed E-state index contributed by atoms with van der Waals surface area (Å²) >= 11 is 11.9. The maximum Gasteiger partial charge on any atom is 0.343 e. The van der Waals surface area contributed by atoms with Crippen molar-refractivity contribution in [3.8, 4) is 5.75 Å². The first kappa shape index (κ1) is 19.1. The molecule has 1 heterocycles. The molecule has 31 heavy (non-hydrogen) atoms. The summed E-state index contributed by atoms with van der Waals surface area (Å²) in [5.74, 6) is 0.354. The highest BCUT2D eigenvalue weighted by molar-refractivity contribution is 6.35. The summed E-state index contributed by atoms with van der Waals surface area (Å²) in [6.45, 7) is 0. The minimum atomic E-state index is -0.592. The molecule has 0 aromatic heterocycles. The van der Waals surface area contributed by atoms with Gasteiger partial charge in [0.25, 0.3) is 0 Å². The molecule has 0 N–H and O–H groups in total. The zero-order valence-corrected chi connectivity index (χ0v) is 17.7. The number of carbonyl (C=O) groups is 3. The number of hydrogen-bond donors (Lipinski definition) is 0. The predicted octanol–water partition coefficient (Wildman–Crippen LogP) is 4.77. The fraction of sp³-hybridized carbons (Fsp3) is 0.292. The molecule has 6 atom stereocenters. The van der Waals surface area contributed by atoms with Crippen molar-refractivity contribution in [3.63, 3.8) is 0 Å². The third-order valence-corrected chi connectivity index (χ3v) is 7.65. The molecule has 0 spiro atoms. The highest BCUT2D eigenvalue weighted by Gasteiger charge is 2.67. The molecule has 5 aliphatic rings. The maximum absolute atomic E-state index is 13.2. The Labute approximate surface area is 188 Å². The average Bonchev–Trinajstić information content (AvgIpc) is 3.54. The highest BCUT2D eigenvalue weighted by atomic mass is 35.5. The lowest BCUT2D eigenvalue weighted by molar-refractivity contribution is -0.124. The number of carbonyl (C=O) groups excluding carboxylic acids is 3. The monoisotopic (exact) mass is 453 g/mol. The summed E-state index contributed by atoms with van der Waals surface area (Å²) < 4.78 is 5.34. The van der Waals surface area contributed by atoms with Gasteiger partial charge in [-0.15, -0.1) is 0 Å². The molecule has 0 radical (unpaired) electrons. The van der Waals surface area contributed by atoms with Gasteiger partial charge in [-0.25, -0.2) is 4.79 Å². The molecular weight excluding hydrogens is 437 g/mol. The predicted molar refractivity (Wildman–Crippen MR) is 115 cm³/mol. The molecule has 1 aliphatic heterocycles. The molecule has 2 saturated carbocycles. The zero-order chi connectivity index (χ0) is 21.4. The Kier molecular flexibility index (Phi) is 4.11. The average molecular weight is 454 g/mol. The Hall–Kier alpha value is -2.63. The summed E-state index contributed by atoms with van der Waals surface area (Å²) in [6, 6.07) is 10.9. The number of esters is 1. The second-order valence-electron chi connectivity index (χ2n) is 8.68. The summed E-state index contributed by atoms with van der Waals surface area (Å²) in [4.78, 5) is 40.2. The van der Waals surface area contributed by atoms with Crippen LogP contribution in [0.3, 0.4) is 0 Å². The minimum Gasteiger partial charge on any atom is -0.421 e. The number of imide groups is 1. The Balaban J connectivity index is 1.23. The normalized spacial score (nSPS) is 32.1. The van der Waals surface area contributed by atoms with E-state index < -0.39 is 5.97 Å². The van der Waals surface area contributed by atoms with Crippen LogP contribution in [0.25, 0.3) is 0 Å². The van der Waals surface area contributed by atoms with Crippen LogP contribution in [-0.2, 0) is 9.59 Å². The van der Waals surface area contributed by atoms with Crippen molar-refractivity contribution in [2.24, 2.45) is 35.5 Å². The van der Waals surface area contributed by atoms with Crippen molar-refractivity contribution in [2.45, 2.75) is 6.42 Å². The maximum atomic E-state index is 13.2. The van der Waals surface area contributed by atoms with Crippen LogP contribution in [0.5, 0.6) is 5.75 Å². The van der Waals surface area contributed by atoms with Gasteiger partial charge in [0.05, 0.1) is 28.1 Å². The molecule has 2 aromatic rings. The van der Waals surface area contributed by atoms with Gasteiger partial charge in [0.15, 0.2) is 0 Å². The van der Waals surface area contributed by atoms with Crippen LogP contribution in [0.15, 0.2) is 54.6 Å². The lowest BCUT2D eigenvalue weighted by Gasteiger charge is -2.37. The van der Waals surface area contributed by atoms with Crippen molar-refractivity contribution in [3.05, 3.63) is 70.2 Å². The van der Waals surface area contributed by atoms with E-state index in [9.17, 15) is 14.4 Å². The van der Waals surface area contributed by atoms with Gasteiger partial charge in [-0.05, 0) is 72.6 Å². The van der Waals surface area contributed by atoms with Crippen molar-refractivity contribution >= 4 is 46.7 Å². The molecule has 2 aromatic carbocycles. The number of anilines is 1. The first-order valence-electron chi connectivity index (χ1n) is 10.3. The topological polar surface area (TPSA) is 63.7 Å². The quantitative estimate of drug-likeness (QED) is 0.290. The molecular formula is C24H17Cl2NO4. The minimum absolute atomic E-state index is 0.122. The molecule has 3 fully saturated rings. The fourth-order valence-corrected chi connectivity index (χ4v) is 6.12. The lowest BCUT2D eigenvalue weighted by Crippen LogP contribution is -2.40. The van der Waals surface area contributed by atoms with Gasteiger partial charge in [0.1, 0.15) is 5.75 Å². The number of allylic oxidation sites excluding steroid dienone is 2. The molecule has 156 valence electrons. The molecule has 2 amide bonds. The summed E-state index contributed by atoms with van der Waals surface area (Å²) in [5, 5.41) is 0.672. The Morgan fingerprint density at radius 1 is 0.903 bits per heavy atom. The third kappa shape index (κ3) is 2.80. The van der Waals surface area contributed by atoms with E-state index in [4.69, 9.17) is 27.9 Å². The number of halogens is 2. The summed E-state index contributed by atoms with van der Waals surface area (Å²) in [5.41, 5.74) is 0.771. The van der Waals surface area contributed by atoms with Gasteiger partial charge >= 0.3 is 5.97 Å². The van der Waals surface area contributed by atoms with E-state index in [-0.39, 0.29) is 51.8 Å². The Morgan fingerprint density at radius 2 is 1.52 bits per heavy atom. The second kappa shape index (κ2) is 6.68. The van der Waals surface area contributed by atoms with Gasteiger partial charge in [-0.3, -0.25) is 14.5 Å². The summed E-state index contributed by atoms with van der Waals surface area (Å²) in [7, 11) is 0. The molecule has 7 rings (SSSR count). The van der Waals surface area contributed by atoms with E-state index in [0.717, 1.165) is 6.42 Å². The number of ether oxygens (including phenoxy) is 1. The van der Waals surface area contributed by atoms with Crippen LogP contribution in [0, 0.1) is 35.5 Å². The van der Waals surface area contributed by atoms with Crippen molar-refractivity contribution in [2.75, 3.05) is 4.90 Å². The SMILES string of the molecule is O=C(Oc1ccc(Cl)cc1Cl)c1ccc(N2C(=O)[C@@H]3[C@H]4C=C[C@H]([C@H]5C[C@H]45)[C@@H]3C2=O)cc1. The van der Waals surface area contributed by atoms with E-state index in [2.05, 4.69) is 12.2 Å². The molecule has 5 nitrogen and oxygen atoms in total.